The van der Waals surface area contributed by atoms with Gasteiger partial charge in [0.05, 0.1) is 24.1 Å². The van der Waals surface area contributed by atoms with Crippen LogP contribution in [0.2, 0.25) is 0 Å². The summed E-state index contributed by atoms with van der Waals surface area (Å²) in [5.41, 5.74) is 11.5. The summed E-state index contributed by atoms with van der Waals surface area (Å²) in [6.07, 6.45) is 8.72. The lowest BCUT2D eigenvalue weighted by atomic mass is 9.96. The van der Waals surface area contributed by atoms with Crippen molar-refractivity contribution < 1.29 is 8.78 Å². The van der Waals surface area contributed by atoms with Gasteiger partial charge < -0.3 is 5.73 Å². The van der Waals surface area contributed by atoms with Crippen LogP contribution in [0.1, 0.15) is 38.1 Å². The molecule has 0 aliphatic rings. The minimum absolute atomic E-state index is 0.0290. The van der Waals surface area contributed by atoms with Crippen molar-refractivity contribution in [1.82, 2.24) is 39.1 Å². The minimum atomic E-state index is -2.88. The Bertz CT molecular complexity index is 1520. The summed E-state index contributed by atoms with van der Waals surface area (Å²) < 4.78 is 31.8. The number of nitrogens with zero attached hydrogens (tertiary/aromatic N) is 8. The molecule has 5 aromatic rings. The summed E-state index contributed by atoms with van der Waals surface area (Å²) in [6.45, 7) is 6.62. The van der Waals surface area contributed by atoms with Crippen LogP contribution in [-0.2, 0) is 6.54 Å². The summed E-state index contributed by atoms with van der Waals surface area (Å²) in [5.74, 6) is -2.48. The number of hydrogen-bond donors (Lipinski definition) is 1. The van der Waals surface area contributed by atoms with Crippen LogP contribution in [0.15, 0.2) is 55.2 Å². The lowest BCUT2D eigenvalue weighted by Gasteiger charge is -2.22. The molecule has 5 rings (SSSR count). The molecule has 11 heteroatoms. The first-order chi connectivity index (χ1) is 17.1. The van der Waals surface area contributed by atoms with Crippen LogP contribution in [0.4, 0.5) is 14.7 Å². The van der Waals surface area contributed by atoms with E-state index in [4.69, 9.17) is 5.73 Å². The number of rotatable bonds is 7. The zero-order valence-corrected chi connectivity index (χ0v) is 20.5. The van der Waals surface area contributed by atoms with Crippen molar-refractivity contribution in [2.45, 2.75) is 46.2 Å². The maximum atomic E-state index is 13.5. The van der Waals surface area contributed by atoms with Crippen molar-refractivity contribution in [1.29, 1.82) is 0 Å². The Morgan fingerprint density at radius 2 is 1.81 bits per heavy atom. The SMILES string of the molecule is Cc1cc(C(C(C)C)n2cc(-c3cc(-c4cnn(CC(C)(F)F)c4)n4nc(N)nc4c3)cn2)ccn1. The highest BCUT2D eigenvalue weighted by molar-refractivity contribution is 5.74. The second kappa shape index (κ2) is 8.81. The Balaban J connectivity index is 1.57. The molecular weight excluding hydrogens is 464 g/mol. The average molecular weight is 492 g/mol. The number of fused-ring (bicyclic) bond motifs is 1. The summed E-state index contributed by atoms with van der Waals surface area (Å²) in [5, 5.41) is 13.1. The van der Waals surface area contributed by atoms with E-state index >= 15 is 0 Å². The fraction of sp³-hybridized carbons (Fsp3) is 0.320. The molecule has 9 nitrogen and oxygen atoms in total. The standard InChI is InChI=1S/C25H27F2N9/c1-15(2)23(17-5-6-29-16(3)7-17)35-13-19(10-31-35)18-8-21(36-22(9-18)32-24(28)33-36)20-11-30-34(12-20)14-25(4,26)27/h5-13,15,23H,14H2,1-4H3,(H2,28,33). The lowest BCUT2D eigenvalue weighted by Crippen LogP contribution is -2.19. The van der Waals surface area contributed by atoms with E-state index < -0.39 is 12.5 Å². The van der Waals surface area contributed by atoms with Crippen molar-refractivity contribution in [2.75, 3.05) is 5.73 Å². The van der Waals surface area contributed by atoms with Crippen molar-refractivity contribution in [3.8, 4) is 22.4 Å². The van der Waals surface area contributed by atoms with Gasteiger partial charge in [0.25, 0.3) is 5.92 Å². The second-order valence-electron chi connectivity index (χ2n) is 9.49. The molecule has 1 atom stereocenters. The smallest absolute Gasteiger partial charge is 0.264 e. The number of hydrogen-bond acceptors (Lipinski definition) is 6. The third kappa shape index (κ3) is 4.68. The van der Waals surface area contributed by atoms with E-state index in [1.807, 2.05) is 42.2 Å². The van der Waals surface area contributed by atoms with Crippen molar-refractivity contribution in [3.05, 3.63) is 66.5 Å². The first-order valence-electron chi connectivity index (χ1n) is 11.6. The number of anilines is 1. The third-order valence-corrected chi connectivity index (χ3v) is 5.94. The van der Waals surface area contributed by atoms with Gasteiger partial charge in [-0.25, -0.2) is 13.3 Å². The number of alkyl halides is 2. The zero-order chi connectivity index (χ0) is 25.6. The molecule has 0 spiro atoms. The maximum Gasteiger partial charge on any atom is 0.264 e. The van der Waals surface area contributed by atoms with E-state index in [1.54, 1.807) is 16.9 Å². The normalized spacial score (nSPS) is 13.1. The van der Waals surface area contributed by atoms with Crippen LogP contribution in [-0.4, -0.2) is 45.1 Å². The Hall–Kier alpha value is -4.15. The van der Waals surface area contributed by atoms with Crippen LogP contribution < -0.4 is 5.73 Å². The van der Waals surface area contributed by atoms with Gasteiger partial charge in [0.15, 0.2) is 5.65 Å². The molecule has 36 heavy (non-hydrogen) atoms. The highest BCUT2D eigenvalue weighted by atomic mass is 19.3. The Morgan fingerprint density at radius 1 is 1.03 bits per heavy atom. The number of aromatic nitrogens is 8. The molecule has 0 aromatic carbocycles. The molecule has 0 aliphatic heterocycles. The highest BCUT2D eigenvalue weighted by Crippen LogP contribution is 2.31. The van der Waals surface area contributed by atoms with Crippen LogP contribution >= 0.6 is 0 Å². The lowest BCUT2D eigenvalue weighted by molar-refractivity contribution is 0.000602. The van der Waals surface area contributed by atoms with Crippen LogP contribution in [0.5, 0.6) is 0 Å². The molecule has 0 aliphatic carbocycles. The predicted octanol–water partition coefficient (Wildman–Crippen LogP) is 4.64. The number of aryl methyl sites for hydroxylation is 1. The summed E-state index contributed by atoms with van der Waals surface area (Å²) in [7, 11) is 0. The molecule has 0 fully saturated rings. The van der Waals surface area contributed by atoms with Gasteiger partial charge in [-0.05, 0) is 48.2 Å². The van der Waals surface area contributed by atoms with Gasteiger partial charge in [0.2, 0.25) is 5.95 Å². The van der Waals surface area contributed by atoms with Crippen LogP contribution in [0.3, 0.4) is 0 Å². The Morgan fingerprint density at radius 3 is 2.53 bits per heavy atom. The third-order valence-electron chi connectivity index (χ3n) is 5.94. The van der Waals surface area contributed by atoms with E-state index in [0.29, 0.717) is 16.9 Å². The molecule has 0 saturated heterocycles. The van der Waals surface area contributed by atoms with Crippen molar-refractivity contribution in [2.24, 2.45) is 5.92 Å². The number of nitrogen functional groups attached to an aromatic ring is 1. The molecular formula is C25H27F2N9. The van der Waals surface area contributed by atoms with Gasteiger partial charge in [-0.15, -0.1) is 5.10 Å². The van der Waals surface area contributed by atoms with Crippen LogP contribution in [0.25, 0.3) is 28.0 Å². The van der Waals surface area contributed by atoms with E-state index in [1.165, 1.54) is 10.9 Å². The quantitative estimate of drug-likeness (QED) is 0.356. The molecule has 0 bridgehead atoms. The summed E-state index contributed by atoms with van der Waals surface area (Å²) in [6, 6.07) is 7.90. The summed E-state index contributed by atoms with van der Waals surface area (Å²) >= 11 is 0. The van der Waals surface area contributed by atoms with Crippen LogP contribution in [0, 0.1) is 12.8 Å². The number of halogens is 2. The molecule has 186 valence electrons. The largest absolute Gasteiger partial charge is 0.366 e. The first-order valence-corrected chi connectivity index (χ1v) is 11.6. The molecule has 0 amide bonds. The van der Waals surface area contributed by atoms with Gasteiger partial charge in [-0.2, -0.15) is 15.2 Å². The molecule has 5 heterocycles. The van der Waals surface area contributed by atoms with Gasteiger partial charge in [-0.1, -0.05) is 13.8 Å². The van der Waals surface area contributed by atoms with Gasteiger partial charge in [0, 0.05) is 42.3 Å². The van der Waals surface area contributed by atoms with Crippen molar-refractivity contribution >= 4 is 11.6 Å². The first kappa shape index (κ1) is 23.6. The van der Waals surface area contributed by atoms with Gasteiger partial charge in [0.1, 0.15) is 6.54 Å². The number of nitrogens with two attached hydrogens (primary N) is 1. The van der Waals surface area contributed by atoms with E-state index in [9.17, 15) is 8.78 Å². The monoisotopic (exact) mass is 491 g/mol. The van der Waals surface area contributed by atoms with Gasteiger partial charge >= 0.3 is 0 Å². The minimum Gasteiger partial charge on any atom is -0.366 e. The molecule has 1 unspecified atom stereocenters. The van der Waals surface area contributed by atoms with Gasteiger partial charge in [-0.3, -0.25) is 14.3 Å². The molecule has 2 N–H and O–H groups in total. The zero-order valence-electron chi connectivity index (χ0n) is 20.5. The van der Waals surface area contributed by atoms with E-state index in [2.05, 4.69) is 45.2 Å². The fourth-order valence-electron chi connectivity index (χ4n) is 4.47. The Kier molecular flexibility index (Phi) is 5.77. The topological polar surface area (TPSA) is 105 Å². The van der Waals surface area contributed by atoms with Crippen molar-refractivity contribution in [3.63, 3.8) is 0 Å². The second-order valence-corrected chi connectivity index (χ2v) is 9.49. The summed E-state index contributed by atoms with van der Waals surface area (Å²) in [4.78, 5) is 8.64. The Labute approximate surface area is 206 Å². The fourth-order valence-corrected chi connectivity index (χ4v) is 4.47. The number of pyridine rings is 2. The predicted molar refractivity (Wildman–Crippen MR) is 132 cm³/mol. The molecule has 5 aromatic heterocycles. The maximum absolute atomic E-state index is 13.5. The highest BCUT2D eigenvalue weighted by Gasteiger charge is 2.23. The molecule has 0 radical (unpaired) electrons. The molecule has 0 saturated carbocycles. The van der Waals surface area contributed by atoms with E-state index in [0.717, 1.165) is 29.3 Å². The van der Waals surface area contributed by atoms with E-state index in [-0.39, 0.29) is 17.9 Å². The average Bonchev–Trinajstić information content (AvgIpc) is 3.51.